The van der Waals surface area contributed by atoms with Gasteiger partial charge in [0, 0.05) is 17.2 Å². The number of methoxy groups -OCH3 is 2. The van der Waals surface area contributed by atoms with Gasteiger partial charge in [-0.25, -0.2) is 0 Å². The average Bonchev–Trinajstić information content (AvgIpc) is 2.66. The average molecular weight is 424 g/mol. The van der Waals surface area contributed by atoms with Gasteiger partial charge >= 0.3 is 0 Å². The van der Waals surface area contributed by atoms with Crippen LogP contribution in [-0.4, -0.2) is 32.0 Å². The van der Waals surface area contributed by atoms with Crippen molar-refractivity contribution in [3.63, 3.8) is 0 Å². The molecular formula is C19H19Cl2N3O4. The predicted octanol–water partition coefficient (Wildman–Crippen LogP) is 5.00. The lowest BCUT2D eigenvalue weighted by Crippen LogP contribution is -2.32. The van der Waals surface area contributed by atoms with Gasteiger partial charge in [-0.05, 0) is 31.5 Å². The number of amides is 1. The molecule has 0 aliphatic heterocycles. The third-order valence-corrected chi connectivity index (χ3v) is 4.59. The molecule has 2 rings (SSSR count). The molecular weight excluding hydrogens is 405 g/mol. The Kier molecular flexibility index (Phi) is 7.37. The number of carbonyl (C=O) groups excluding carboxylic acids is 2. The topological polar surface area (TPSA) is 89.4 Å². The molecule has 0 saturated carbocycles. The van der Waals surface area contributed by atoms with E-state index in [9.17, 15) is 9.59 Å². The van der Waals surface area contributed by atoms with Crippen LogP contribution in [-0.2, 0) is 9.59 Å². The number of anilines is 1. The van der Waals surface area contributed by atoms with E-state index in [4.69, 9.17) is 32.7 Å². The van der Waals surface area contributed by atoms with E-state index in [1.54, 1.807) is 31.2 Å². The monoisotopic (exact) mass is 423 g/mol. The largest absolute Gasteiger partial charge is 0.497 e. The summed E-state index contributed by atoms with van der Waals surface area (Å²) in [5, 5.41) is 11.2. The second-order valence-electron chi connectivity index (χ2n) is 5.79. The van der Waals surface area contributed by atoms with Gasteiger partial charge in [0.25, 0.3) is 5.91 Å². The fraction of sp³-hybridized carbons (Fsp3) is 0.263. The molecule has 0 heterocycles. The van der Waals surface area contributed by atoms with Gasteiger partial charge < -0.3 is 14.8 Å². The minimum atomic E-state index is -1.36. The van der Waals surface area contributed by atoms with Crippen LogP contribution in [0.3, 0.4) is 0 Å². The van der Waals surface area contributed by atoms with Gasteiger partial charge in [-0.1, -0.05) is 29.3 Å². The van der Waals surface area contributed by atoms with Crippen LogP contribution in [0.2, 0.25) is 10.0 Å². The van der Waals surface area contributed by atoms with E-state index in [-0.39, 0.29) is 16.5 Å². The Labute approximate surface area is 172 Å². The zero-order valence-corrected chi connectivity index (χ0v) is 17.3. The van der Waals surface area contributed by atoms with Crippen LogP contribution in [0.15, 0.2) is 40.6 Å². The zero-order chi connectivity index (χ0) is 20.8. The van der Waals surface area contributed by atoms with Crippen molar-refractivity contribution in [2.75, 3.05) is 19.5 Å². The molecule has 28 heavy (non-hydrogen) atoms. The van der Waals surface area contributed by atoms with Crippen molar-refractivity contribution >= 4 is 46.3 Å². The summed E-state index contributed by atoms with van der Waals surface area (Å²) in [7, 11) is 2.90. The normalized spacial score (nSPS) is 11.9. The number of Topliss-reactive ketones (excluding diaryl/α,β-unsaturated/α-hetero) is 1. The van der Waals surface area contributed by atoms with Crippen molar-refractivity contribution in [2.24, 2.45) is 10.2 Å². The van der Waals surface area contributed by atoms with Crippen LogP contribution in [0.4, 0.5) is 11.4 Å². The second kappa shape index (κ2) is 9.52. The lowest BCUT2D eigenvalue weighted by molar-refractivity contribution is -0.126. The Balaban J connectivity index is 2.30. The molecule has 1 amide bonds. The van der Waals surface area contributed by atoms with Gasteiger partial charge in [-0.3, -0.25) is 9.59 Å². The molecule has 0 aliphatic carbocycles. The summed E-state index contributed by atoms with van der Waals surface area (Å²) in [5.74, 6) is -0.437. The van der Waals surface area contributed by atoms with Gasteiger partial charge in [0.15, 0.2) is 5.78 Å². The molecule has 0 fully saturated rings. The number of hydrogen-bond donors (Lipinski definition) is 1. The fourth-order valence-electron chi connectivity index (χ4n) is 2.29. The number of nitrogens with one attached hydrogen (secondary N) is 1. The molecule has 0 aromatic heterocycles. The lowest BCUT2D eigenvalue weighted by Gasteiger charge is -2.15. The first kappa shape index (κ1) is 21.7. The number of azo groups is 1. The molecule has 2 aromatic carbocycles. The summed E-state index contributed by atoms with van der Waals surface area (Å²) < 4.78 is 10.4. The third kappa shape index (κ3) is 4.99. The van der Waals surface area contributed by atoms with E-state index in [1.807, 2.05) is 0 Å². The van der Waals surface area contributed by atoms with E-state index in [0.29, 0.717) is 22.0 Å². The Hall–Kier alpha value is -2.64. The molecule has 0 spiro atoms. The van der Waals surface area contributed by atoms with E-state index in [0.717, 1.165) is 0 Å². The number of nitrogens with zero attached hydrogens (tertiary/aromatic N) is 2. The fourth-order valence-corrected chi connectivity index (χ4v) is 2.71. The van der Waals surface area contributed by atoms with Crippen LogP contribution < -0.4 is 14.8 Å². The molecule has 7 nitrogen and oxygen atoms in total. The van der Waals surface area contributed by atoms with Crippen LogP contribution >= 0.6 is 23.2 Å². The predicted molar refractivity (Wildman–Crippen MR) is 108 cm³/mol. The molecule has 0 saturated heterocycles. The smallest absolute Gasteiger partial charge is 0.258 e. The van der Waals surface area contributed by atoms with Gasteiger partial charge in [-0.15, -0.1) is 0 Å². The highest BCUT2D eigenvalue weighted by Gasteiger charge is 2.25. The highest BCUT2D eigenvalue weighted by Crippen LogP contribution is 2.37. The number of ketones is 1. The lowest BCUT2D eigenvalue weighted by atomic mass is 10.2. The van der Waals surface area contributed by atoms with Crippen LogP contribution in [0, 0.1) is 6.92 Å². The number of benzene rings is 2. The standard InChI is InChI=1S/C19H19Cl2N3O4/c1-10-13(20)6-5-7-15(10)23-24-17(11(2)25)19(26)22-18-14(21)8-12(27-3)9-16(18)28-4/h5-9,17H,1-4H3,(H,22,26). The quantitative estimate of drug-likeness (QED) is 0.501. The SMILES string of the molecule is COc1cc(Cl)c(NC(=O)C(N=Nc2cccc(Cl)c2C)C(C)=O)c(OC)c1. The van der Waals surface area contributed by atoms with Gasteiger partial charge in [0.2, 0.25) is 6.04 Å². The van der Waals surface area contributed by atoms with Crippen molar-refractivity contribution in [3.8, 4) is 11.5 Å². The Morgan fingerprint density at radius 2 is 1.82 bits per heavy atom. The Morgan fingerprint density at radius 3 is 2.43 bits per heavy atom. The number of ether oxygens (including phenoxy) is 2. The number of halogens is 2. The first-order valence-corrected chi connectivity index (χ1v) is 8.92. The molecule has 148 valence electrons. The van der Waals surface area contributed by atoms with E-state index < -0.39 is 17.7 Å². The van der Waals surface area contributed by atoms with Crippen LogP contribution in [0.25, 0.3) is 0 Å². The summed E-state index contributed by atoms with van der Waals surface area (Å²) in [6.45, 7) is 3.02. The molecule has 1 atom stereocenters. The molecule has 0 radical (unpaired) electrons. The van der Waals surface area contributed by atoms with E-state index in [2.05, 4.69) is 15.5 Å². The van der Waals surface area contributed by atoms with Crippen molar-refractivity contribution in [1.82, 2.24) is 0 Å². The van der Waals surface area contributed by atoms with Crippen molar-refractivity contribution < 1.29 is 19.1 Å². The minimum absolute atomic E-state index is 0.189. The van der Waals surface area contributed by atoms with Crippen molar-refractivity contribution in [2.45, 2.75) is 19.9 Å². The summed E-state index contributed by atoms with van der Waals surface area (Å²) in [4.78, 5) is 24.6. The maximum absolute atomic E-state index is 12.6. The van der Waals surface area contributed by atoms with Crippen molar-refractivity contribution in [1.29, 1.82) is 0 Å². The summed E-state index contributed by atoms with van der Waals surface area (Å²) in [5.41, 5.74) is 1.36. The second-order valence-corrected chi connectivity index (χ2v) is 6.60. The number of carbonyl (C=O) groups is 2. The molecule has 0 bridgehead atoms. The molecule has 1 unspecified atom stereocenters. The molecule has 1 N–H and O–H groups in total. The highest BCUT2D eigenvalue weighted by molar-refractivity contribution is 6.34. The van der Waals surface area contributed by atoms with E-state index in [1.165, 1.54) is 27.2 Å². The maximum atomic E-state index is 12.6. The zero-order valence-electron chi connectivity index (χ0n) is 15.7. The molecule has 9 heteroatoms. The van der Waals surface area contributed by atoms with Crippen molar-refractivity contribution in [3.05, 3.63) is 45.9 Å². The third-order valence-electron chi connectivity index (χ3n) is 3.88. The summed E-state index contributed by atoms with van der Waals surface area (Å²) in [6, 6.07) is 6.81. The summed E-state index contributed by atoms with van der Waals surface area (Å²) in [6.07, 6.45) is 0. The van der Waals surface area contributed by atoms with Gasteiger partial charge in [0.1, 0.15) is 17.2 Å². The Bertz CT molecular complexity index is 932. The van der Waals surface area contributed by atoms with Gasteiger partial charge in [-0.2, -0.15) is 10.2 Å². The minimum Gasteiger partial charge on any atom is -0.497 e. The van der Waals surface area contributed by atoms with E-state index >= 15 is 0 Å². The highest BCUT2D eigenvalue weighted by atomic mass is 35.5. The summed E-state index contributed by atoms with van der Waals surface area (Å²) >= 11 is 12.3. The number of rotatable bonds is 7. The Morgan fingerprint density at radius 1 is 1.11 bits per heavy atom. The molecule has 0 aliphatic rings. The number of hydrogen-bond acceptors (Lipinski definition) is 6. The van der Waals surface area contributed by atoms with Crippen LogP contribution in [0.1, 0.15) is 12.5 Å². The van der Waals surface area contributed by atoms with Crippen LogP contribution in [0.5, 0.6) is 11.5 Å². The molecule has 2 aromatic rings. The van der Waals surface area contributed by atoms with Gasteiger partial charge in [0.05, 0.1) is 24.9 Å². The first-order valence-electron chi connectivity index (χ1n) is 8.17. The maximum Gasteiger partial charge on any atom is 0.258 e. The first-order chi connectivity index (χ1) is 13.3.